The quantitative estimate of drug-likeness (QED) is 0.322. The van der Waals surface area contributed by atoms with Crippen molar-refractivity contribution in [2.75, 3.05) is 0 Å². The highest BCUT2D eigenvalue weighted by atomic mass is 28.4. The summed E-state index contributed by atoms with van der Waals surface area (Å²) in [4.78, 5) is 10.7. The molecular formula is C21H36O2Si. The number of benzene rings is 1. The molecule has 0 radical (unpaired) electrons. The van der Waals surface area contributed by atoms with Crippen molar-refractivity contribution < 1.29 is 9.53 Å². The first kappa shape index (κ1) is 21.1. The third-order valence-electron chi connectivity index (χ3n) is 4.63. The number of unbranched alkanes of at least 4 members (excludes halogenated alkanes) is 2. The first-order valence-corrected chi connectivity index (χ1v) is 12.3. The van der Waals surface area contributed by atoms with Crippen LogP contribution in [0.4, 0.5) is 0 Å². The summed E-state index contributed by atoms with van der Waals surface area (Å²) in [5.41, 5.74) is 5.05. The molecule has 0 aliphatic carbocycles. The largest absolute Gasteiger partial charge is 0.430 e. The van der Waals surface area contributed by atoms with E-state index in [1.807, 2.05) is 19.2 Å². The van der Waals surface area contributed by atoms with E-state index in [1.54, 1.807) is 0 Å². The highest BCUT2D eigenvalue weighted by Crippen LogP contribution is 2.32. The molecule has 0 bridgehead atoms. The minimum atomic E-state index is -2.36. The van der Waals surface area contributed by atoms with Crippen LogP contribution in [0.1, 0.15) is 67.4 Å². The molecule has 0 aromatic heterocycles. The Morgan fingerprint density at radius 1 is 1.17 bits per heavy atom. The van der Waals surface area contributed by atoms with Crippen molar-refractivity contribution in [3.05, 3.63) is 47.0 Å². The van der Waals surface area contributed by atoms with Gasteiger partial charge in [0.15, 0.2) is 0 Å². The second kappa shape index (κ2) is 9.55. The van der Waals surface area contributed by atoms with Gasteiger partial charge >= 0.3 is 0 Å². The average molecular weight is 349 g/mol. The molecule has 0 fully saturated rings. The van der Waals surface area contributed by atoms with Crippen molar-refractivity contribution in [1.82, 2.24) is 0 Å². The Morgan fingerprint density at radius 3 is 2.21 bits per heavy atom. The van der Waals surface area contributed by atoms with Crippen molar-refractivity contribution in [1.29, 1.82) is 0 Å². The molecule has 3 heteroatoms. The third kappa shape index (κ3) is 6.19. The van der Waals surface area contributed by atoms with Gasteiger partial charge in [0.1, 0.15) is 0 Å². The van der Waals surface area contributed by atoms with E-state index in [0.717, 1.165) is 19.3 Å². The molecule has 0 aliphatic rings. The Bertz CT molecular complexity index is 508. The Balaban J connectivity index is 3.07. The smallest absolute Gasteiger partial charge is 0.210 e. The highest BCUT2D eigenvalue weighted by Gasteiger charge is 2.33. The minimum absolute atomic E-state index is 0.0198. The number of ether oxygens (including phenoxy) is 1. The zero-order valence-electron chi connectivity index (χ0n) is 16.5. The molecule has 1 rings (SSSR count). The summed E-state index contributed by atoms with van der Waals surface area (Å²) in [5.74, 6) is 0. The van der Waals surface area contributed by atoms with Crippen LogP contribution in [0, 0.1) is 20.8 Å². The van der Waals surface area contributed by atoms with Crippen LogP contribution >= 0.6 is 0 Å². The Kier molecular flexibility index (Phi) is 8.41. The molecule has 1 aromatic carbocycles. The second-order valence-corrected chi connectivity index (χ2v) is 11.6. The lowest BCUT2D eigenvalue weighted by Crippen LogP contribution is -2.44. The maximum atomic E-state index is 10.7. The maximum absolute atomic E-state index is 10.7. The van der Waals surface area contributed by atoms with E-state index in [2.05, 4.69) is 46.4 Å². The number of hydrogen-bond acceptors (Lipinski definition) is 2. The molecule has 2 nitrogen and oxygen atoms in total. The number of aryl methyl sites for hydroxylation is 3. The first-order chi connectivity index (χ1) is 11.2. The summed E-state index contributed by atoms with van der Waals surface area (Å²) in [6.45, 7) is 16.5. The zero-order chi connectivity index (χ0) is 18.3. The van der Waals surface area contributed by atoms with Crippen molar-refractivity contribution in [2.24, 2.45) is 0 Å². The maximum Gasteiger partial charge on any atom is 0.210 e. The molecule has 136 valence electrons. The van der Waals surface area contributed by atoms with Gasteiger partial charge in [-0.3, -0.25) is 0 Å². The lowest BCUT2D eigenvalue weighted by molar-refractivity contribution is 0.0128. The fourth-order valence-corrected chi connectivity index (χ4v) is 4.87. The monoisotopic (exact) mass is 348 g/mol. The van der Waals surface area contributed by atoms with Crippen LogP contribution in [-0.2, 0) is 4.74 Å². The predicted octanol–water partition coefficient (Wildman–Crippen LogP) is 5.93. The van der Waals surface area contributed by atoms with Gasteiger partial charge in [0, 0.05) is 0 Å². The third-order valence-corrected chi connectivity index (χ3v) is 6.63. The second-order valence-electron chi connectivity index (χ2n) is 7.60. The van der Waals surface area contributed by atoms with E-state index in [1.165, 1.54) is 35.1 Å². The normalized spacial score (nSPS) is 14.5. The summed E-state index contributed by atoms with van der Waals surface area (Å²) >= 11 is 0. The molecule has 0 aliphatic heterocycles. The minimum Gasteiger partial charge on any atom is -0.430 e. The molecule has 24 heavy (non-hydrogen) atoms. The SMILES string of the molecule is C=CC[C@@H](O[C@H](CCCCC)[Si](C)(C)O)c1c(C)cc(C)cc1C. The van der Waals surface area contributed by atoms with Gasteiger partial charge in [-0.1, -0.05) is 50.0 Å². The van der Waals surface area contributed by atoms with Crippen LogP contribution in [0.25, 0.3) is 0 Å². The molecule has 0 heterocycles. The van der Waals surface area contributed by atoms with E-state index < -0.39 is 8.32 Å². The highest BCUT2D eigenvalue weighted by molar-refractivity contribution is 6.71. The number of hydrogen-bond donors (Lipinski definition) is 1. The molecule has 0 spiro atoms. The van der Waals surface area contributed by atoms with Crippen molar-refractivity contribution in [3.63, 3.8) is 0 Å². The molecule has 0 saturated carbocycles. The Labute approximate surface area is 150 Å². The van der Waals surface area contributed by atoms with Crippen LogP contribution in [0.2, 0.25) is 13.1 Å². The van der Waals surface area contributed by atoms with Crippen molar-refractivity contribution >= 4 is 8.32 Å². The van der Waals surface area contributed by atoms with E-state index >= 15 is 0 Å². The number of rotatable bonds is 10. The lowest BCUT2D eigenvalue weighted by Gasteiger charge is -2.32. The lowest BCUT2D eigenvalue weighted by atomic mass is 9.94. The fraction of sp³-hybridized carbons (Fsp3) is 0.619. The molecule has 0 amide bonds. The van der Waals surface area contributed by atoms with E-state index in [0.29, 0.717) is 0 Å². The van der Waals surface area contributed by atoms with Gasteiger partial charge in [-0.05, 0) is 63.4 Å². The predicted molar refractivity (Wildman–Crippen MR) is 107 cm³/mol. The molecular weight excluding hydrogens is 312 g/mol. The topological polar surface area (TPSA) is 29.5 Å². The van der Waals surface area contributed by atoms with Crippen molar-refractivity contribution in [3.8, 4) is 0 Å². The van der Waals surface area contributed by atoms with Gasteiger partial charge in [0.2, 0.25) is 8.32 Å². The van der Waals surface area contributed by atoms with E-state index in [9.17, 15) is 4.80 Å². The first-order valence-electron chi connectivity index (χ1n) is 9.27. The molecule has 0 saturated heterocycles. The van der Waals surface area contributed by atoms with Crippen LogP contribution in [0.5, 0.6) is 0 Å². The van der Waals surface area contributed by atoms with Gasteiger partial charge < -0.3 is 9.53 Å². The summed E-state index contributed by atoms with van der Waals surface area (Å²) < 4.78 is 6.53. The van der Waals surface area contributed by atoms with Gasteiger partial charge in [0.05, 0.1) is 11.8 Å². The zero-order valence-corrected chi connectivity index (χ0v) is 17.5. The van der Waals surface area contributed by atoms with Gasteiger partial charge in [0.25, 0.3) is 0 Å². The summed E-state index contributed by atoms with van der Waals surface area (Å²) in [7, 11) is -2.36. The fourth-order valence-electron chi connectivity index (χ4n) is 3.46. The summed E-state index contributed by atoms with van der Waals surface area (Å²) in [6, 6.07) is 4.44. The van der Waals surface area contributed by atoms with Crippen LogP contribution < -0.4 is 0 Å². The van der Waals surface area contributed by atoms with Crippen molar-refractivity contribution in [2.45, 2.75) is 84.7 Å². The standard InChI is InChI=1S/C21H36O2Si/c1-8-10-11-13-20(24(6,7)22)23-19(12-9-2)21-17(4)14-16(3)15-18(21)5/h9,14-15,19-20,22H,2,8,10-13H2,1,3-7H3/t19-,20+/m1/s1. The van der Waals surface area contributed by atoms with E-state index in [4.69, 9.17) is 4.74 Å². The van der Waals surface area contributed by atoms with E-state index in [-0.39, 0.29) is 11.8 Å². The van der Waals surface area contributed by atoms with Crippen LogP contribution in [0.3, 0.4) is 0 Å². The summed E-state index contributed by atoms with van der Waals surface area (Å²) in [5, 5.41) is 0. The Morgan fingerprint density at radius 2 is 1.75 bits per heavy atom. The van der Waals surface area contributed by atoms with Gasteiger partial charge in [-0.25, -0.2) is 0 Å². The molecule has 1 N–H and O–H groups in total. The van der Waals surface area contributed by atoms with Gasteiger partial charge in [-0.2, -0.15) is 0 Å². The molecule has 2 atom stereocenters. The Hall–Kier alpha value is -0.903. The molecule has 0 unspecified atom stereocenters. The average Bonchev–Trinajstić information content (AvgIpc) is 2.44. The summed E-state index contributed by atoms with van der Waals surface area (Å²) in [6.07, 6.45) is 7.13. The molecule has 1 aromatic rings. The van der Waals surface area contributed by atoms with Gasteiger partial charge in [-0.15, -0.1) is 6.58 Å². The van der Waals surface area contributed by atoms with Crippen LogP contribution in [0.15, 0.2) is 24.8 Å². The van der Waals surface area contributed by atoms with Crippen LogP contribution in [-0.4, -0.2) is 18.8 Å².